The Morgan fingerprint density at radius 2 is 1.82 bits per heavy atom. The molecule has 0 saturated heterocycles. The number of aryl methyl sites for hydroxylation is 3. The van der Waals surface area contributed by atoms with Gasteiger partial charge in [0.1, 0.15) is 5.75 Å². The first-order valence-corrected chi connectivity index (χ1v) is 9.59. The third-order valence-corrected chi connectivity index (χ3v) is 4.57. The molecule has 3 rings (SSSR count). The molecule has 0 atom stereocenters. The number of carbonyl (C=O) groups is 1. The minimum absolute atomic E-state index is 0.253. The Labute approximate surface area is 165 Å². The lowest BCUT2D eigenvalue weighted by atomic mass is 10.0. The van der Waals surface area contributed by atoms with Crippen molar-refractivity contribution in [3.63, 3.8) is 0 Å². The van der Waals surface area contributed by atoms with Crippen LogP contribution in [0.3, 0.4) is 0 Å². The fraction of sp³-hybridized carbons (Fsp3) is 0.250. The van der Waals surface area contributed by atoms with Crippen LogP contribution in [0.15, 0.2) is 60.7 Å². The number of ether oxygens (including phenoxy) is 1. The molecular weight excluding hydrogens is 350 g/mol. The van der Waals surface area contributed by atoms with Gasteiger partial charge in [-0.1, -0.05) is 48.9 Å². The van der Waals surface area contributed by atoms with E-state index in [1.807, 2.05) is 55.5 Å². The Balaban J connectivity index is 1.97. The molecule has 1 aromatic heterocycles. The Bertz CT molecular complexity index is 951. The van der Waals surface area contributed by atoms with Gasteiger partial charge in [-0.3, -0.25) is 4.98 Å². The molecule has 4 nitrogen and oxygen atoms in total. The van der Waals surface area contributed by atoms with Crippen molar-refractivity contribution in [2.75, 3.05) is 6.61 Å². The monoisotopic (exact) mass is 375 g/mol. The van der Waals surface area contributed by atoms with E-state index in [0.717, 1.165) is 41.0 Å². The normalized spacial score (nSPS) is 10.6. The van der Waals surface area contributed by atoms with Gasteiger partial charge in [0.2, 0.25) is 0 Å². The van der Waals surface area contributed by atoms with Crippen molar-refractivity contribution in [3.8, 4) is 17.0 Å². The quantitative estimate of drug-likeness (QED) is 0.578. The first-order chi connectivity index (χ1) is 13.6. The summed E-state index contributed by atoms with van der Waals surface area (Å²) in [6, 6.07) is 19.5. The summed E-state index contributed by atoms with van der Waals surface area (Å²) < 4.78 is 5.89. The van der Waals surface area contributed by atoms with E-state index in [1.165, 1.54) is 0 Å². The Kier molecular flexibility index (Phi) is 6.43. The lowest BCUT2D eigenvalue weighted by molar-refractivity contribution is 0.0695. The van der Waals surface area contributed by atoms with E-state index in [-0.39, 0.29) is 5.56 Å². The highest BCUT2D eigenvalue weighted by Gasteiger charge is 2.15. The molecule has 0 aliphatic carbocycles. The van der Waals surface area contributed by atoms with Gasteiger partial charge in [0.25, 0.3) is 0 Å². The average Bonchev–Trinajstić information content (AvgIpc) is 2.71. The minimum atomic E-state index is -0.950. The van der Waals surface area contributed by atoms with Crippen LogP contribution < -0.4 is 4.74 Å². The van der Waals surface area contributed by atoms with E-state index in [0.29, 0.717) is 18.7 Å². The molecule has 0 unspecified atom stereocenters. The topological polar surface area (TPSA) is 59.4 Å². The largest absolute Gasteiger partial charge is 0.493 e. The Morgan fingerprint density at radius 1 is 1.04 bits per heavy atom. The first-order valence-electron chi connectivity index (χ1n) is 9.59. The van der Waals surface area contributed by atoms with Gasteiger partial charge in [-0.05, 0) is 56.0 Å². The summed E-state index contributed by atoms with van der Waals surface area (Å²) in [5.41, 5.74) is 4.75. The van der Waals surface area contributed by atoms with Gasteiger partial charge in [-0.2, -0.15) is 0 Å². The zero-order valence-electron chi connectivity index (χ0n) is 16.3. The third kappa shape index (κ3) is 4.77. The summed E-state index contributed by atoms with van der Waals surface area (Å²) in [4.78, 5) is 16.4. The maximum atomic E-state index is 11.7. The predicted octanol–water partition coefficient (Wildman–Crippen LogP) is 5.33. The molecule has 1 N–H and O–H groups in total. The summed E-state index contributed by atoms with van der Waals surface area (Å²) in [6.07, 6.45) is 2.22. The number of carboxylic acids is 1. The number of nitrogens with zero attached hydrogens (tertiary/aromatic N) is 1. The predicted molar refractivity (Wildman–Crippen MR) is 111 cm³/mol. The zero-order valence-corrected chi connectivity index (χ0v) is 16.3. The highest BCUT2D eigenvalue weighted by Crippen LogP contribution is 2.31. The number of pyridine rings is 1. The van der Waals surface area contributed by atoms with E-state index in [4.69, 9.17) is 9.72 Å². The second-order valence-corrected chi connectivity index (χ2v) is 6.83. The molecule has 1 heterocycles. The summed E-state index contributed by atoms with van der Waals surface area (Å²) in [5.74, 6) is -0.175. The second-order valence-electron chi connectivity index (χ2n) is 6.83. The molecule has 0 spiro atoms. The summed E-state index contributed by atoms with van der Waals surface area (Å²) in [6.45, 7) is 4.72. The molecule has 0 amide bonds. The fourth-order valence-corrected chi connectivity index (χ4v) is 3.13. The van der Waals surface area contributed by atoms with Crippen molar-refractivity contribution < 1.29 is 14.6 Å². The maximum absolute atomic E-state index is 11.7. The number of benzene rings is 2. The molecule has 0 aliphatic rings. The van der Waals surface area contributed by atoms with Gasteiger partial charge < -0.3 is 9.84 Å². The highest BCUT2D eigenvalue weighted by molar-refractivity contribution is 5.89. The van der Waals surface area contributed by atoms with Crippen molar-refractivity contribution in [1.29, 1.82) is 0 Å². The summed E-state index contributed by atoms with van der Waals surface area (Å²) in [5, 5.41) is 9.57. The molecule has 0 saturated carbocycles. The zero-order chi connectivity index (χ0) is 19.9. The molecule has 0 aliphatic heterocycles. The van der Waals surface area contributed by atoms with Crippen molar-refractivity contribution in [3.05, 3.63) is 83.0 Å². The number of rotatable bonds is 8. The van der Waals surface area contributed by atoms with E-state index in [9.17, 15) is 9.90 Å². The molecule has 28 heavy (non-hydrogen) atoms. The number of aromatic carboxylic acids is 1. The van der Waals surface area contributed by atoms with Gasteiger partial charge in [0.05, 0.1) is 23.6 Å². The van der Waals surface area contributed by atoms with Crippen molar-refractivity contribution in [2.45, 2.75) is 33.1 Å². The molecule has 144 valence electrons. The van der Waals surface area contributed by atoms with Gasteiger partial charge in [-0.25, -0.2) is 4.79 Å². The van der Waals surface area contributed by atoms with Crippen LogP contribution in [0.4, 0.5) is 0 Å². The van der Waals surface area contributed by atoms with Crippen LogP contribution in [-0.4, -0.2) is 22.7 Å². The lowest BCUT2D eigenvalue weighted by Crippen LogP contribution is -2.07. The van der Waals surface area contributed by atoms with Gasteiger partial charge in [0.15, 0.2) is 0 Å². The molecule has 3 aromatic rings. The van der Waals surface area contributed by atoms with Gasteiger partial charge >= 0.3 is 5.97 Å². The fourth-order valence-electron chi connectivity index (χ4n) is 3.13. The minimum Gasteiger partial charge on any atom is -0.493 e. The Morgan fingerprint density at radius 3 is 2.54 bits per heavy atom. The molecule has 0 bridgehead atoms. The van der Waals surface area contributed by atoms with Crippen LogP contribution in [0, 0.1) is 6.92 Å². The molecule has 4 heteroatoms. The van der Waals surface area contributed by atoms with Crippen LogP contribution in [0.25, 0.3) is 11.3 Å². The SMILES string of the molecule is CCCOc1ccc(C)cc1-c1ccc(C(=O)O)c(CCc2ccccc2)n1. The number of aromatic nitrogens is 1. The van der Waals surface area contributed by atoms with Crippen LogP contribution in [-0.2, 0) is 12.8 Å². The van der Waals surface area contributed by atoms with E-state index in [1.54, 1.807) is 12.1 Å². The van der Waals surface area contributed by atoms with E-state index < -0.39 is 5.97 Å². The first kappa shape index (κ1) is 19.6. The standard InChI is InChI=1S/C24H25NO3/c1-3-15-28-23-14-9-17(2)16-20(23)22-13-11-19(24(26)27)21(25-22)12-10-18-7-5-4-6-8-18/h4-9,11,13-14,16H,3,10,12,15H2,1-2H3,(H,26,27). The smallest absolute Gasteiger partial charge is 0.337 e. The molecule has 0 radical (unpaired) electrons. The maximum Gasteiger partial charge on any atom is 0.337 e. The Hall–Kier alpha value is -3.14. The van der Waals surface area contributed by atoms with Crippen molar-refractivity contribution in [1.82, 2.24) is 4.98 Å². The lowest BCUT2D eigenvalue weighted by Gasteiger charge is -2.13. The van der Waals surface area contributed by atoms with Gasteiger partial charge in [0, 0.05) is 5.56 Å². The number of carboxylic acid groups (broad SMARTS) is 1. The average molecular weight is 375 g/mol. The van der Waals surface area contributed by atoms with Crippen LogP contribution in [0.5, 0.6) is 5.75 Å². The van der Waals surface area contributed by atoms with Gasteiger partial charge in [-0.15, -0.1) is 0 Å². The summed E-state index contributed by atoms with van der Waals surface area (Å²) in [7, 11) is 0. The molecule has 2 aromatic carbocycles. The number of hydrogen-bond donors (Lipinski definition) is 1. The van der Waals surface area contributed by atoms with E-state index >= 15 is 0 Å². The number of hydrogen-bond acceptors (Lipinski definition) is 3. The summed E-state index contributed by atoms with van der Waals surface area (Å²) >= 11 is 0. The van der Waals surface area contributed by atoms with Crippen LogP contribution in [0.1, 0.15) is 40.5 Å². The van der Waals surface area contributed by atoms with E-state index in [2.05, 4.69) is 6.92 Å². The van der Waals surface area contributed by atoms with Crippen LogP contribution in [0.2, 0.25) is 0 Å². The second kappa shape index (κ2) is 9.18. The molecule has 0 fully saturated rings. The molecular formula is C24H25NO3. The highest BCUT2D eigenvalue weighted by atomic mass is 16.5. The third-order valence-electron chi connectivity index (χ3n) is 4.57. The van der Waals surface area contributed by atoms with Crippen molar-refractivity contribution in [2.24, 2.45) is 0 Å². The van der Waals surface area contributed by atoms with Crippen molar-refractivity contribution >= 4 is 5.97 Å². The van der Waals surface area contributed by atoms with Crippen LogP contribution >= 0.6 is 0 Å².